The lowest BCUT2D eigenvalue weighted by molar-refractivity contribution is 0.303. The van der Waals surface area contributed by atoms with Gasteiger partial charge in [-0.05, 0) is 24.3 Å². The Morgan fingerprint density at radius 2 is 1.86 bits per heavy atom. The summed E-state index contributed by atoms with van der Waals surface area (Å²) in [6.07, 6.45) is 0. The summed E-state index contributed by atoms with van der Waals surface area (Å²) in [7, 11) is 1.54. The molecule has 3 N–H and O–H groups in total. The number of benzene rings is 2. The molecule has 6 heteroatoms. The predicted molar refractivity (Wildman–Crippen MR) is 84.8 cm³/mol. The lowest BCUT2D eigenvalue weighted by Gasteiger charge is -2.11. The van der Waals surface area contributed by atoms with E-state index in [2.05, 4.69) is 0 Å². The average Bonchev–Trinajstić information content (AvgIpc) is 2.46. The van der Waals surface area contributed by atoms with Crippen molar-refractivity contribution in [1.82, 2.24) is 0 Å². The topological polar surface area (TPSA) is 68.3 Å². The third-order valence-electron chi connectivity index (χ3n) is 2.84. The third-order valence-corrected chi connectivity index (χ3v) is 3.42. The molecule has 21 heavy (non-hydrogen) atoms. The van der Waals surface area contributed by atoms with Crippen molar-refractivity contribution in [1.29, 1.82) is 5.41 Å². The highest BCUT2D eigenvalue weighted by molar-refractivity contribution is 6.35. The monoisotopic (exact) mass is 324 g/mol. The van der Waals surface area contributed by atoms with E-state index in [-0.39, 0.29) is 12.4 Å². The van der Waals surface area contributed by atoms with Crippen molar-refractivity contribution in [3.8, 4) is 11.5 Å². The van der Waals surface area contributed by atoms with Crippen LogP contribution in [0.2, 0.25) is 10.0 Å². The number of ether oxygens (including phenoxy) is 2. The molecule has 2 aromatic rings. The van der Waals surface area contributed by atoms with Crippen LogP contribution in [0, 0.1) is 5.41 Å². The van der Waals surface area contributed by atoms with Crippen molar-refractivity contribution >= 4 is 29.0 Å². The standard InChI is InChI=1S/C15H14Cl2N2O2/c1-20-12-4-10(15(18)19)5-13(7-12)21-8-9-2-3-11(16)6-14(9)17/h2-7H,8H2,1H3,(H3,18,19). The van der Waals surface area contributed by atoms with Crippen molar-refractivity contribution in [2.24, 2.45) is 5.73 Å². The van der Waals surface area contributed by atoms with Gasteiger partial charge in [-0.2, -0.15) is 0 Å². The molecule has 110 valence electrons. The fourth-order valence-electron chi connectivity index (χ4n) is 1.73. The lowest BCUT2D eigenvalue weighted by atomic mass is 10.2. The molecule has 0 spiro atoms. The highest BCUT2D eigenvalue weighted by Gasteiger charge is 2.07. The number of methoxy groups -OCH3 is 1. The van der Waals surface area contributed by atoms with E-state index in [4.69, 9.17) is 43.8 Å². The molecule has 0 saturated carbocycles. The van der Waals surface area contributed by atoms with Crippen LogP contribution in [0.3, 0.4) is 0 Å². The van der Waals surface area contributed by atoms with E-state index in [9.17, 15) is 0 Å². The zero-order valence-corrected chi connectivity index (χ0v) is 12.8. The molecule has 0 aromatic heterocycles. The highest BCUT2D eigenvalue weighted by atomic mass is 35.5. The van der Waals surface area contributed by atoms with Crippen molar-refractivity contribution in [3.63, 3.8) is 0 Å². The van der Waals surface area contributed by atoms with Crippen LogP contribution in [0.15, 0.2) is 36.4 Å². The SMILES string of the molecule is COc1cc(OCc2ccc(Cl)cc2Cl)cc(C(=N)N)c1. The summed E-state index contributed by atoms with van der Waals surface area (Å²) in [5, 5.41) is 8.60. The van der Waals surface area contributed by atoms with Crippen LogP contribution < -0.4 is 15.2 Å². The number of nitrogens with one attached hydrogen (secondary N) is 1. The Balaban J connectivity index is 2.19. The van der Waals surface area contributed by atoms with Crippen molar-refractivity contribution < 1.29 is 9.47 Å². The Labute approximate surface area is 132 Å². The Kier molecular flexibility index (Phi) is 4.94. The van der Waals surface area contributed by atoms with Crippen molar-refractivity contribution in [2.45, 2.75) is 6.61 Å². The Morgan fingerprint density at radius 1 is 1.14 bits per heavy atom. The number of nitrogen functional groups attached to an aromatic ring is 1. The van der Waals surface area contributed by atoms with Gasteiger partial charge in [0, 0.05) is 27.2 Å². The van der Waals surface area contributed by atoms with E-state index in [0.29, 0.717) is 27.1 Å². The molecule has 0 radical (unpaired) electrons. The molecule has 0 heterocycles. The first-order valence-corrected chi connectivity index (χ1v) is 6.85. The van der Waals surface area contributed by atoms with Crippen LogP contribution in [-0.4, -0.2) is 12.9 Å². The molecular weight excluding hydrogens is 311 g/mol. The quantitative estimate of drug-likeness (QED) is 0.648. The van der Waals surface area contributed by atoms with Gasteiger partial charge in [-0.25, -0.2) is 0 Å². The van der Waals surface area contributed by atoms with Gasteiger partial charge in [-0.3, -0.25) is 5.41 Å². The van der Waals surface area contributed by atoms with Gasteiger partial charge in [0.05, 0.1) is 7.11 Å². The minimum absolute atomic E-state index is 0.0525. The second kappa shape index (κ2) is 6.70. The summed E-state index contributed by atoms with van der Waals surface area (Å²) in [4.78, 5) is 0. The van der Waals surface area contributed by atoms with Gasteiger partial charge in [0.1, 0.15) is 23.9 Å². The van der Waals surface area contributed by atoms with E-state index in [1.165, 1.54) is 0 Å². The van der Waals surface area contributed by atoms with Crippen molar-refractivity contribution in [2.75, 3.05) is 7.11 Å². The van der Waals surface area contributed by atoms with Gasteiger partial charge >= 0.3 is 0 Å². The van der Waals surface area contributed by atoms with Gasteiger partial charge in [0.15, 0.2) is 0 Å². The first-order chi connectivity index (χ1) is 9.99. The summed E-state index contributed by atoms with van der Waals surface area (Å²) in [5.41, 5.74) is 6.84. The summed E-state index contributed by atoms with van der Waals surface area (Å²) in [6, 6.07) is 10.3. The molecule has 0 aliphatic carbocycles. The smallest absolute Gasteiger partial charge is 0.124 e. The predicted octanol–water partition coefficient (Wildman–Crippen LogP) is 3.87. The number of hydrogen-bond acceptors (Lipinski definition) is 3. The minimum atomic E-state index is -0.0525. The molecule has 0 fully saturated rings. The normalized spacial score (nSPS) is 10.2. The summed E-state index contributed by atoms with van der Waals surface area (Å²) in [5.74, 6) is 1.06. The summed E-state index contributed by atoms with van der Waals surface area (Å²) < 4.78 is 10.8. The molecule has 0 aliphatic rings. The fraction of sp³-hybridized carbons (Fsp3) is 0.133. The van der Waals surface area contributed by atoms with Crippen LogP contribution in [0.1, 0.15) is 11.1 Å². The highest BCUT2D eigenvalue weighted by Crippen LogP contribution is 2.26. The molecule has 0 aliphatic heterocycles. The van der Waals surface area contributed by atoms with Crippen LogP contribution in [0.4, 0.5) is 0 Å². The Morgan fingerprint density at radius 3 is 2.48 bits per heavy atom. The van der Waals surface area contributed by atoms with Crippen molar-refractivity contribution in [3.05, 3.63) is 57.6 Å². The summed E-state index contributed by atoms with van der Waals surface area (Å²) in [6.45, 7) is 0.278. The fourth-order valence-corrected chi connectivity index (χ4v) is 2.19. The second-order valence-electron chi connectivity index (χ2n) is 4.34. The van der Waals surface area contributed by atoms with Gasteiger partial charge in [0.25, 0.3) is 0 Å². The molecule has 4 nitrogen and oxygen atoms in total. The molecule has 0 amide bonds. The molecular formula is C15H14Cl2N2O2. The van der Waals surface area contributed by atoms with E-state index in [1.807, 2.05) is 0 Å². The Hall–Kier alpha value is -1.91. The van der Waals surface area contributed by atoms with Crippen LogP contribution in [0.5, 0.6) is 11.5 Å². The summed E-state index contributed by atoms with van der Waals surface area (Å²) >= 11 is 11.9. The molecule has 2 aromatic carbocycles. The number of hydrogen-bond donors (Lipinski definition) is 2. The zero-order valence-electron chi connectivity index (χ0n) is 11.3. The van der Waals surface area contributed by atoms with Crippen LogP contribution in [-0.2, 0) is 6.61 Å². The van der Waals surface area contributed by atoms with E-state index < -0.39 is 0 Å². The number of nitrogens with two attached hydrogens (primary N) is 1. The molecule has 0 unspecified atom stereocenters. The second-order valence-corrected chi connectivity index (χ2v) is 5.18. The first kappa shape index (κ1) is 15.5. The van der Waals surface area contributed by atoms with Crippen LogP contribution >= 0.6 is 23.2 Å². The first-order valence-electron chi connectivity index (χ1n) is 6.10. The maximum atomic E-state index is 7.49. The molecule has 2 rings (SSSR count). The lowest BCUT2D eigenvalue weighted by Crippen LogP contribution is -2.11. The van der Waals surface area contributed by atoms with Crippen LogP contribution in [0.25, 0.3) is 0 Å². The largest absolute Gasteiger partial charge is 0.497 e. The third kappa shape index (κ3) is 4.03. The van der Waals surface area contributed by atoms with Gasteiger partial charge in [0.2, 0.25) is 0 Å². The number of rotatable bonds is 5. The number of amidine groups is 1. The van der Waals surface area contributed by atoms with Gasteiger partial charge < -0.3 is 15.2 Å². The Bertz CT molecular complexity index is 675. The number of halogens is 2. The molecule has 0 saturated heterocycles. The zero-order chi connectivity index (χ0) is 15.4. The van der Waals surface area contributed by atoms with E-state index >= 15 is 0 Å². The molecule has 0 bridgehead atoms. The maximum Gasteiger partial charge on any atom is 0.124 e. The van der Waals surface area contributed by atoms with Gasteiger partial charge in [-0.1, -0.05) is 29.3 Å². The minimum Gasteiger partial charge on any atom is -0.497 e. The average molecular weight is 325 g/mol. The molecule has 0 atom stereocenters. The van der Waals surface area contributed by atoms with E-state index in [0.717, 1.165) is 5.56 Å². The maximum absolute atomic E-state index is 7.49. The van der Waals surface area contributed by atoms with E-state index in [1.54, 1.807) is 43.5 Å². The van der Waals surface area contributed by atoms with Gasteiger partial charge in [-0.15, -0.1) is 0 Å².